The van der Waals surface area contributed by atoms with Crippen LogP contribution in [0.4, 0.5) is 0 Å². The number of oxazole rings is 1. The van der Waals surface area contributed by atoms with Crippen LogP contribution in [0.25, 0.3) is 11.5 Å². The number of nitrogens with zero attached hydrogens (tertiary/aromatic N) is 2. The SMILES string of the molecule is CCNC(=NCC1(C)CCCS1)NCCc1coc(-c2ccc(C)cc2)n1.I. The third-order valence-electron chi connectivity index (χ3n) is 4.74. The largest absolute Gasteiger partial charge is 0.444 e. The Morgan fingerprint density at radius 3 is 2.75 bits per heavy atom. The molecular formula is C21H31IN4OS. The molecule has 1 aromatic heterocycles. The summed E-state index contributed by atoms with van der Waals surface area (Å²) in [6, 6.07) is 8.23. The summed E-state index contributed by atoms with van der Waals surface area (Å²) in [5.74, 6) is 2.82. The number of hydrogen-bond donors (Lipinski definition) is 2. The molecule has 0 spiro atoms. The molecule has 1 aliphatic rings. The lowest BCUT2D eigenvalue weighted by Crippen LogP contribution is -2.39. The number of thioether (sulfide) groups is 1. The zero-order chi connectivity index (χ0) is 19.1. The number of nitrogens with one attached hydrogen (secondary N) is 2. The molecular weight excluding hydrogens is 483 g/mol. The summed E-state index contributed by atoms with van der Waals surface area (Å²) in [5, 5.41) is 6.75. The number of hydrogen-bond acceptors (Lipinski definition) is 4. The maximum Gasteiger partial charge on any atom is 0.226 e. The van der Waals surface area contributed by atoms with Crippen LogP contribution in [0.5, 0.6) is 0 Å². The quantitative estimate of drug-likeness (QED) is 0.320. The first kappa shape index (κ1) is 23.1. The summed E-state index contributed by atoms with van der Waals surface area (Å²) in [7, 11) is 0. The smallest absolute Gasteiger partial charge is 0.226 e. The molecule has 1 aromatic carbocycles. The van der Waals surface area contributed by atoms with E-state index in [4.69, 9.17) is 9.41 Å². The van der Waals surface area contributed by atoms with Crippen molar-refractivity contribution in [2.45, 2.75) is 44.8 Å². The molecule has 154 valence electrons. The van der Waals surface area contributed by atoms with Gasteiger partial charge in [-0.3, -0.25) is 4.99 Å². The molecule has 1 unspecified atom stereocenters. The summed E-state index contributed by atoms with van der Waals surface area (Å²) in [6.07, 6.45) is 5.10. The Morgan fingerprint density at radius 2 is 2.07 bits per heavy atom. The normalized spacial score (nSPS) is 19.3. The first-order valence-corrected chi connectivity index (χ1v) is 10.7. The van der Waals surface area contributed by atoms with Crippen molar-refractivity contribution in [3.05, 3.63) is 41.8 Å². The van der Waals surface area contributed by atoms with Gasteiger partial charge in [-0.2, -0.15) is 11.8 Å². The molecule has 5 nitrogen and oxygen atoms in total. The van der Waals surface area contributed by atoms with Gasteiger partial charge in [-0.15, -0.1) is 24.0 Å². The van der Waals surface area contributed by atoms with Gasteiger partial charge in [0.2, 0.25) is 5.89 Å². The van der Waals surface area contributed by atoms with E-state index in [2.05, 4.69) is 48.5 Å². The zero-order valence-electron chi connectivity index (χ0n) is 17.0. The highest BCUT2D eigenvalue weighted by atomic mass is 127. The minimum Gasteiger partial charge on any atom is -0.444 e. The Hall–Kier alpha value is -1.22. The Bertz CT molecular complexity index is 754. The van der Waals surface area contributed by atoms with Crippen LogP contribution in [0.1, 0.15) is 37.9 Å². The zero-order valence-corrected chi connectivity index (χ0v) is 20.1. The van der Waals surface area contributed by atoms with E-state index in [0.29, 0.717) is 5.89 Å². The van der Waals surface area contributed by atoms with Gasteiger partial charge in [0.1, 0.15) is 6.26 Å². The van der Waals surface area contributed by atoms with E-state index >= 15 is 0 Å². The average Bonchev–Trinajstić information content (AvgIpc) is 3.30. The minimum atomic E-state index is 0. The molecule has 2 N–H and O–H groups in total. The monoisotopic (exact) mass is 514 g/mol. The summed E-state index contributed by atoms with van der Waals surface area (Å²) in [5.41, 5.74) is 3.19. The Morgan fingerprint density at radius 1 is 1.29 bits per heavy atom. The third kappa shape index (κ3) is 6.69. The topological polar surface area (TPSA) is 62.5 Å². The van der Waals surface area contributed by atoms with E-state index in [9.17, 15) is 0 Å². The molecule has 0 aliphatic carbocycles. The Balaban J connectivity index is 0.00000280. The molecule has 1 aliphatic heterocycles. The Kier molecular flexibility index (Phi) is 9.14. The van der Waals surface area contributed by atoms with Crippen molar-refractivity contribution in [3.8, 4) is 11.5 Å². The standard InChI is InChI=1S/C21H30N4OS.HI/c1-4-22-20(24-15-21(3)11-5-13-27-21)23-12-10-18-14-26-19(25-18)17-8-6-16(2)7-9-17;/h6-9,14H,4-5,10-13,15H2,1-3H3,(H2,22,23,24);1H. The number of aliphatic imine (C=N–C) groups is 1. The summed E-state index contributed by atoms with van der Waals surface area (Å²) < 4.78 is 5.93. The fraction of sp³-hybridized carbons (Fsp3) is 0.524. The molecule has 1 saturated heterocycles. The molecule has 0 bridgehead atoms. The van der Waals surface area contributed by atoms with Gasteiger partial charge < -0.3 is 15.1 Å². The molecule has 7 heteroatoms. The number of benzene rings is 1. The molecule has 2 heterocycles. The second kappa shape index (κ2) is 11.1. The summed E-state index contributed by atoms with van der Waals surface area (Å²) in [6.45, 7) is 8.97. The summed E-state index contributed by atoms with van der Waals surface area (Å²) in [4.78, 5) is 9.39. The number of halogens is 1. The van der Waals surface area contributed by atoms with Gasteiger partial charge in [-0.1, -0.05) is 17.7 Å². The van der Waals surface area contributed by atoms with Crippen LogP contribution >= 0.6 is 35.7 Å². The predicted octanol–water partition coefficient (Wildman–Crippen LogP) is 4.65. The number of rotatable bonds is 7. The molecule has 0 amide bonds. The fourth-order valence-corrected chi connectivity index (χ4v) is 4.34. The second-order valence-electron chi connectivity index (χ2n) is 7.28. The highest BCUT2D eigenvalue weighted by molar-refractivity contribution is 14.0. The van der Waals surface area contributed by atoms with Crippen molar-refractivity contribution in [3.63, 3.8) is 0 Å². The first-order chi connectivity index (χ1) is 13.1. The number of aromatic nitrogens is 1. The van der Waals surface area contributed by atoms with Crippen molar-refractivity contribution in [2.75, 3.05) is 25.4 Å². The van der Waals surface area contributed by atoms with Gasteiger partial charge in [0.25, 0.3) is 0 Å². The van der Waals surface area contributed by atoms with Crippen LogP contribution in [-0.2, 0) is 6.42 Å². The van der Waals surface area contributed by atoms with Gasteiger partial charge in [0, 0.05) is 29.8 Å². The maximum atomic E-state index is 5.64. The lowest BCUT2D eigenvalue weighted by atomic mass is 10.1. The molecule has 3 rings (SSSR count). The van der Waals surface area contributed by atoms with Crippen molar-refractivity contribution >= 4 is 41.7 Å². The van der Waals surface area contributed by atoms with E-state index in [-0.39, 0.29) is 28.7 Å². The molecule has 2 aromatic rings. The van der Waals surface area contributed by atoms with E-state index in [1.807, 2.05) is 23.9 Å². The van der Waals surface area contributed by atoms with E-state index in [1.54, 1.807) is 6.26 Å². The first-order valence-electron chi connectivity index (χ1n) is 9.75. The molecule has 1 atom stereocenters. The van der Waals surface area contributed by atoms with Crippen molar-refractivity contribution in [1.29, 1.82) is 0 Å². The van der Waals surface area contributed by atoms with Crippen LogP contribution in [0, 0.1) is 6.92 Å². The molecule has 1 fully saturated rings. The number of guanidine groups is 1. The van der Waals surface area contributed by atoms with Gasteiger partial charge in [-0.25, -0.2) is 4.98 Å². The molecule has 0 radical (unpaired) electrons. The second-order valence-corrected chi connectivity index (χ2v) is 8.97. The van der Waals surface area contributed by atoms with Crippen LogP contribution in [0.15, 0.2) is 39.9 Å². The van der Waals surface area contributed by atoms with Crippen molar-refractivity contribution in [1.82, 2.24) is 15.6 Å². The van der Waals surface area contributed by atoms with E-state index in [0.717, 1.165) is 43.3 Å². The van der Waals surface area contributed by atoms with E-state index < -0.39 is 0 Å². The molecule has 28 heavy (non-hydrogen) atoms. The average molecular weight is 514 g/mol. The lowest BCUT2D eigenvalue weighted by molar-refractivity contribution is 0.572. The van der Waals surface area contributed by atoms with E-state index in [1.165, 1.54) is 24.2 Å². The fourth-order valence-electron chi connectivity index (χ4n) is 3.11. The third-order valence-corrected chi connectivity index (χ3v) is 6.26. The lowest BCUT2D eigenvalue weighted by Gasteiger charge is -2.21. The van der Waals surface area contributed by atoms with Crippen molar-refractivity contribution < 1.29 is 4.42 Å². The van der Waals surface area contributed by atoms with Crippen molar-refractivity contribution in [2.24, 2.45) is 4.99 Å². The predicted molar refractivity (Wildman–Crippen MR) is 130 cm³/mol. The minimum absolute atomic E-state index is 0. The van der Waals surface area contributed by atoms with Gasteiger partial charge in [0.15, 0.2) is 5.96 Å². The summed E-state index contributed by atoms with van der Waals surface area (Å²) >= 11 is 2.04. The van der Waals surface area contributed by atoms with Gasteiger partial charge >= 0.3 is 0 Å². The Labute approximate surface area is 189 Å². The maximum absolute atomic E-state index is 5.64. The van der Waals surface area contributed by atoms with Crippen LogP contribution < -0.4 is 10.6 Å². The molecule has 0 saturated carbocycles. The number of aryl methyl sites for hydroxylation is 1. The highest BCUT2D eigenvalue weighted by Crippen LogP contribution is 2.37. The highest BCUT2D eigenvalue weighted by Gasteiger charge is 2.29. The van der Waals surface area contributed by atoms with Gasteiger partial charge in [0.05, 0.1) is 12.2 Å². The van der Waals surface area contributed by atoms with Crippen LogP contribution in [0.2, 0.25) is 0 Å². The van der Waals surface area contributed by atoms with Crippen LogP contribution in [-0.4, -0.2) is 41.1 Å². The van der Waals surface area contributed by atoms with Crippen LogP contribution in [0.3, 0.4) is 0 Å². The van der Waals surface area contributed by atoms with Gasteiger partial charge in [-0.05, 0) is 51.5 Å².